The minimum Gasteiger partial charge on any atom is -0.461 e. The number of alkyl carbamates (subject to hydrolysis) is 1. The quantitative estimate of drug-likeness (QED) is 0.405. The summed E-state index contributed by atoms with van der Waals surface area (Å²) >= 11 is 0. The second kappa shape index (κ2) is 13.0. The van der Waals surface area contributed by atoms with E-state index in [-0.39, 0.29) is 13.2 Å². The number of benzene rings is 2. The number of amides is 2. The molecular weight excluding hydrogens is 440 g/mol. The molecule has 0 spiro atoms. The molecule has 0 saturated carbocycles. The number of esters is 2. The van der Waals surface area contributed by atoms with Crippen LogP contribution in [0.1, 0.15) is 38.3 Å². The summed E-state index contributed by atoms with van der Waals surface area (Å²) in [7, 11) is 0. The Bertz CT molecular complexity index is 956. The van der Waals surface area contributed by atoms with Crippen LogP contribution in [0.5, 0.6) is 0 Å². The van der Waals surface area contributed by atoms with Gasteiger partial charge in [0.2, 0.25) is 5.91 Å². The van der Waals surface area contributed by atoms with E-state index < -0.39 is 48.5 Å². The molecule has 0 fully saturated rings. The molecule has 9 nitrogen and oxygen atoms in total. The van der Waals surface area contributed by atoms with E-state index in [0.29, 0.717) is 0 Å². The smallest absolute Gasteiger partial charge is 0.408 e. The topological polar surface area (TPSA) is 120 Å². The first kappa shape index (κ1) is 26.4. The predicted octanol–water partition coefficient (Wildman–Crippen LogP) is 2.87. The highest BCUT2D eigenvalue weighted by molar-refractivity contribution is 5.89. The van der Waals surface area contributed by atoms with Crippen molar-refractivity contribution < 1.29 is 33.4 Å². The Hall–Kier alpha value is -3.88. The monoisotopic (exact) mass is 470 g/mol. The highest BCUT2D eigenvalue weighted by Gasteiger charge is 2.27. The Morgan fingerprint density at radius 2 is 1.35 bits per heavy atom. The molecule has 2 N–H and O–H groups in total. The van der Waals surface area contributed by atoms with E-state index in [9.17, 15) is 19.2 Å². The van der Waals surface area contributed by atoms with E-state index in [1.165, 1.54) is 0 Å². The molecule has 2 aromatic rings. The summed E-state index contributed by atoms with van der Waals surface area (Å²) in [6.45, 7) is 4.61. The first-order valence-electron chi connectivity index (χ1n) is 10.8. The molecule has 1 atom stereocenters. The van der Waals surface area contributed by atoms with Gasteiger partial charge >= 0.3 is 18.0 Å². The number of rotatable bonds is 10. The minimum atomic E-state index is -1.29. The third-order valence-corrected chi connectivity index (χ3v) is 4.25. The van der Waals surface area contributed by atoms with Crippen molar-refractivity contribution in [1.29, 1.82) is 0 Å². The lowest BCUT2D eigenvalue weighted by Gasteiger charge is -2.20. The zero-order valence-electron chi connectivity index (χ0n) is 19.5. The maximum atomic E-state index is 12.6. The standard InChI is InChI=1S/C25H30N2O7/c1-25(2,3)34-24(31)26-15-21(28)27-20(23(30)33-17-19-12-8-5-9-13-19)14-22(29)32-16-18-10-6-4-7-11-18/h4-13,20H,14-17H2,1-3H3,(H,26,31)(H,27,28). The molecule has 0 heterocycles. The molecule has 2 aromatic carbocycles. The summed E-state index contributed by atoms with van der Waals surface area (Å²) in [5, 5.41) is 4.72. The summed E-state index contributed by atoms with van der Waals surface area (Å²) in [5.41, 5.74) is 0.802. The molecular formula is C25H30N2O7. The van der Waals surface area contributed by atoms with Crippen LogP contribution in [0.25, 0.3) is 0 Å². The molecule has 0 saturated heterocycles. The predicted molar refractivity (Wildman–Crippen MR) is 123 cm³/mol. The van der Waals surface area contributed by atoms with Crippen LogP contribution < -0.4 is 10.6 Å². The summed E-state index contributed by atoms with van der Waals surface area (Å²) in [6.07, 6.45) is -1.22. The Labute approximate surface area is 198 Å². The van der Waals surface area contributed by atoms with Gasteiger partial charge in [0.25, 0.3) is 0 Å². The van der Waals surface area contributed by atoms with Gasteiger partial charge in [-0.15, -0.1) is 0 Å². The van der Waals surface area contributed by atoms with Crippen LogP contribution in [0.2, 0.25) is 0 Å². The molecule has 9 heteroatoms. The zero-order valence-corrected chi connectivity index (χ0v) is 19.5. The fraction of sp³-hybridized carbons (Fsp3) is 0.360. The molecule has 182 valence electrons. The van der Waals surface area contributed by atoms with Gasteiger partial charge in [0.1, 0.15) is 31.4 Å². The van der Waals surface area contributed by atoms with Crippen molar-refractivity contribution in [2.24, 2.45) is 0 Å². The van der Waals surface area contributed by atoms with Gasteiger partial charge in [-0.2, -0.15) is 0 Å². The van der Waals surface area contributed by atoms with Crippen LogP contribution in [0.4, 0.5) is 4.79 Å². The van der Waals surface area contributed by atoms with Gasteiger partial charge in [-0.1, -0.05) is 60.7 Å². The lowest BCUT2D eigenvalue weighted by molar-refractivity contribution is -0.155. The average Bonchev–Trinajstić information content (AvgIpc) is 2.80. The van der Waals surface area contributed by atoms with Crippen molar-refractivity contribution in [3.05, 3.63) is 71.8 Å². The molecule has 34 heavy (non-hydrogen) atoms. The lowest BCUT2D eigenvalue weighted by Crippen LogP contribution is -2.47. The normalized spacial score (nSPS) is 11.6. The van der Waals surface area contributed by atoms with Crippen LogP contribution in [0.15, 0.2) is 60.7 Å². The van der Waals surface area contributed by atoms with E-state index >= 15 is 0 Å². The fourth-order valence-electron chi connectivity index (χ4n) is 2.70. The van der Waals surface area contributed by atoms with Crippen molar-refractivity contribution in [2.75, 3.05) is 6.54 Å². The second-order valence-electron chi connectivity index (χ2n) is 8.42. The van der Waals surface area contributed by atoms with Crippen LogP contribution in [0, 0.1) is 0 Å². The number of carbonyl (C=O) groups excluding carboxylic acids is 4. The molecule has 2 amide bonds. The number of carbonyl (C=O) groups is 4. The maximum Gasteiger partial charge on any atom is 0.408 e. The summed E-state index contributed by atoms with van der Waals surface area (Å²) in [6, 6.07) is 16.7. The van der Waals surface area contributed by atoms with Crippen molar-refractivity contribution in [1.82, 2.24) is 10.6 Å². The van der Waals surface area contributed by atoms with Gasteiger partial charge in [-0.25, -0.2) is 9.59 Å². The van der Waals surface area contributed by atoms with Gasteiger partial charge < -0.3 is 24.8 Å². The van der Waals surface area contributed by atoms with Gasteiger partial charge in [-0.05, 0) is 31.9 Å². The Morgan fingerprint density at radius 1 is 0.824 bits per heavy atom. The molecule has 2 rings (SSSR count). The number of nitrogens with one attached hydrogen (secondary N) is 2. The summed E-state index contributed by atoms with van der Waals surface area (Å²) in [5.74, 6) is -2.18. The van der Waals surface area contributed by atoms with Gasteiger partial charge in [0.05, 0.1) is 6.42 Å². The second-order valence-corrected chi connectivity index (χ2v) is 8.42. The molecule has 0 aliphatic heterocycles. The highest BCUT2D eigenvalue weighted by atomic mass is 16.6. The van der Waals surface area contributed by atoms with E-state index in [2.05, 4.69) is 10.6 Å². The largest absolute Gasteiger partial charge is 0.461 e. The SMILES string of the molecule is CC(C)(C)OC(=O)NCC(=O)NC(CC(=O)OCc1ccccc1)C(=O)OCc1ccccc1. The number of hydrogen-bond donors (Lipinski definition) is 2. The van der Waals surface area contributed by atoms with Crippen LogP contribution in [-0.2, 0) is 41.8 Å². The molecule has 0 bridgehead atoms. The molecule has 0 radical (unpaired) electrons. The third kappa shape index (κ3) is 10.6. The Balaban J connectivity index is 1.94. The third-order valence-electron chi connectivity index (χ3n) is 4.25. The van der Waals surface area contributed by atoms with Crippen molar-refractivity contribution in [3.63, 3.8) is 0 Å². The first-order chi connectivity index (χ1) is 16.1. The van der Waals surface area contributed by atoms with Crippen LogP contribution in [-0.4, -0.2) is 42.1 Å². The number of hydrogen-bond acceptors (Lipinski definition) is 7. The molecule has 1 unspecified atom stereocenters. The summed E-state index contributed by atoms with van der Waals surface area (Å²) in [4.78, 5) is 49.1. The van der Waals surface area contributed by atoms with Crippen molar-refractivity contribution in [2.45, 2.75) is 52.0 Å². The minimum absolute atomic E-state index is 0.0265. The van der Waals surface area contributed by atoms with E-state index in [1.807, 2.05) is 24.3 Å². The van der Waals surface area contributed by atoms with Gasteiger partial charge in [0.15, 0.2) is 0 Å². The molecule has 0 aliphatic carbocycles. The van der Waals surface area contributed by atoms with Gasteiger partial charge in [0, 0.05) is 0 Å². The van der Waals surface area contributed by atoms with E-state index in [0.717, 1.165) is 11.1 Å². The van der Waals surface area contributed by atoms with Crippen molar-refractivity contribution in [3.8, 4) is 0 Å². The van der Waals surface area contributed by atoms with Crippen LogP contribution >= 0.6 is 0 Å². The summed E-state index contributed by atoms with van der Waals surface area (Å²) < 4.78 is 15.6. The molecule has 0 aliphatic rings. The van der Waals surface area contributed by atoms with E-state index in [4.69, 9.17) is 14.2 Å². The Morgan fingerprint density at radius 3 is 1.88 bits per heavy atom. The average molecular weight is 471 g/mol. The van der Waals surface area contributed by atoms with E-state index in [1.54, 1.807) is 57.2 Å². The van der Waals surface area contributed by atoms with Crippen molar-refractivity contribution >= 4 is 23.9 Å². The highest BCUT2D eigenvalue weighted by Crippen LogP contribution is 2.08. The Kier molecular flexibility index (Phi) is 10.1. The number of ether oxygens (including phenoxy) is 3. The van der Waals surface area contributed by atoms with Crippen LogP contribution in [0.3, 0.4) is 0 Å². The zero-order chi connectivity index (χ0) is 25.0. The maximum absolute atomic E-state index is 12.6. The molecule has 0 aromatic heterocycles. The fourth-order valence-corrected chi connectivity index (χ4v) is 2.70. The first-order valence-corrected chi connectivity index (χ1v) is 10.8. The lowest BCUT2D eigenvalue weighted by atomic mass is 10.2. The van der Waals surface area contributed by atoms with Gasteiger partial charge in [-0.3, -0.25) is 9.59 Å².